The van der Waals surface area contributed by atoms with Crippen LogP contribution < -0.4 is 10.5 Å². The molecule has 0 spiro atoms. The molecular formula is C16H17F2N3O2. The van der Waals surface area contributed by atoms with Gasteiger partial charge in [0.15, 0.2) is 0 Å². The molecule has 0 bridgehead atoms. The number of hydrogen-bond acceptors (Lipinski definition) is 4. The van der Waals surface area contributed by atoms with Gasteiger partial charge in [0.25, 0.3) is 5.91 Å². The fraction of sp³-hybridized carbons (Fsp3) is 0.250. The van der Waals surface area contributed by atoms with Crippen LogP contribution in [-0.4, -0.2) is 29.5 Å². The number of carbonyl (C=O) groups excluding carboxylic acids is 1. The van der Waals surface area contributed by atoms with Crippen LogP contribution in [0.4, 0.5) is 8.78 Å². The average Bonchev–Trinajstić information content (AvgIpc) is 2.55. The van der Waals surface area contributed by atoms with E-state index in [1.54, 1.807) is 37.5 Å². The van der Waals surface area contributed by atoms with E-state index < -0.39 is 6.61 Å². The normalized spacial score (nSPS) is 10.7. The van der Waals surface area contributed by atoms with Crippen LogP contribution in [0.5, 0.6) is 5.75 Å². The minimum Gasteiger partial charge on any atom is -0.435 e. The van der Waals surface area contributed by atoms with Gasteiger partial charge in [-0.15, -0.1) is 0 Å². The van der Waals surface area contributed by atoms with Gasteiger partial charge in [-0.3, -0.25) is 9.78 Å². The quantitative estimate of drug-likeness (QED) is 0.887. The number of carbonyl (C=O) groups is 1. The van der Waals surface area contributed by atoms with E-state index in [0.717, 1.165) is 5.56 Å². The van der Waals surface area contributed by atoms with Gasteiger partial charge in [0, 0.05) is 31.9 Å². The van der Waals surface area contributed by atoms with E-state index in [1.807, 2.05) is 0 Å². The van der Waals surface area contributed by atoms with Crippen molar-refractivity contribution in [3.05, 3.63) is 59.4 Å². The summed E-state index contributed by atoms with van der Waals surface area (Å²) in [5.74, 6) is -0.0885. The van der Waals surface area contributed by atoms with Crippen molar-refractivity contribution in [2.75, 3.05) is 7.05 Å². The Kier molecular flexibility index (Phi) is 5.59. The van der Waals surface area contributed by atoms with Crippen LogP contribution in [0.3, 0.4) is 0 Å². The number of benzene rings is 1. The van der Waals surface area contributed by atoms with Crippen molar-refractivity contribution < 1.29 is 18.3 Å². The van der Waals surface area contributed by atoms with Crippen molar-refractivity contribution in [3.63, 3.8) is 0 Å². The first-order valence-corrected chi connectivity index (χ1v) is 6.94. The number of amides is 1. The molecule has 7 heteroatoms. The van der Waals surface area contributed by atoms with E-state index in [2.05, 4.69) is 9.72 Å². The fourth-order valence-electron chi connectivity index (χ4n) is 2.07. The molecule has 0 atom stereocenters. The Balaban J connectivity index is 2.02. The summed E-state index contributed by atoms with van der Waals surface area (Å²) in [5.41, 5.74) is 7.45. The zero-order valence-corrected chi connectivity index (χ0v) is 12.6. The van der Waals surface area contributed by atoms with Crippen LogP contribution in [0.1, 0.15) is 21.6 Å². The molecule has 0 radical (unpaired) electrons. The highest BCUT2D eigenvalue weighted by Gasteiger charge is 2.13. The van der Waals surface area contributed by atoms with Gasteiger partial charge in [0.05, 0.1) is 5.69 Å². The highest BCUT2D eigenvalue weighted by Crippen LogP contribution is 2.16. The molecular weight excluding hydrogens is 304 g/mol. The van der Waals surface area contributed by atoms with Crippen LogP contribution in [0.15, 0.2) is 42.6 Å². The second-order valence-electron chi connectivity index (χ2n) is 4.92. The second kappa shape index (κ2) is 7.64. The maximum absolute atomic E-state index is 12.4. The monoisotopic (exact) mass is 321 g/mol. The zero-order chi connectivity index (χ0) is 16.8. The lowest BCUT2D eigenvalue weighted by atomic mass is 10.1. The molecule has 1 aromatic carbocycles. The number of aromatic nitrogens is 1. The van der Waals surface area contributed by atoms with E-state index in [-0.39, 0.29) is 18.2 Å². The third-order valence-electron chi connectivity index (χ3n) is 3.19. The number of nitrogens with zero attached hydrogens (tertiary/aromatic N) is 2. The van der Waals surface area contributed by atoms with Crippen LogP contribution in [0.25, 0.3) is 0 Å². The van der Waals surface area contributed by atoms with Gasteiger partial charge in [0.1, 0.15) is 5.75 Å². The maximum atomic E-state index is 12.4. The third kappa shape index (κ3) is 4.72. The summed E-state index contributed by atoms with van der Waals surface area (Å²) in [5, 5.41) is 0. The molecule has 0 fully saturated rings. The van der Waals surface area contributed by atoms with E-state index >= 15 is 0 Å². The first-order valence-electron chi connectivity index (χ1n) is 6.94. The van der Waals surface area contributed by atoms with Gasteiger partial charge >= 0.3 is 6.61 Å². The van der Waals surface area contributed by atoms with E-state index in [0.29, 0.717) is 17.8 Å². The standard InChI is InChI=1S/C16H17F2N3O2/c1-21(15(22)12-6-7-20-13(8-12)9-19)10-11-2-4-14(5-3-11)23-16(17)18/h2-8,16H,9-10,19H2,1H3. The molecule has 0 saturated carbocycles. The highest BCUT2D eigenvalue weighted by atomic mass is 19.3. The van der Waals surface area contributed by atoms with Gasteiger partial charge in [-0.25, -0.2) is 0 Å². The Morgan fingerprint density at radius 1 is 1.30 bits per heavy atom. The molecule has 5 nitrogen and oxygen atoms in total. The average molecular weight is 321 g/mol. The van der Waals surface area contributed by atoms with Crippen molar-refractivity contribution in [2.45, 2.75) is 19.7 Å². The largest absolute Gasteiger partial charge is 0.435 e. The number of rotatable bonds is 6. The lowest BCUT2D eigenvalue weighted by Crippen LogP contribution is -2.26. The van der Waals surface area contributed by atoms with Crippen LogP contribution in [0, 0.1) is 0 Å². The van der Waals surface area contributed by atoms with Gasteiger partial charge in [0.2, 0.25) is 0 Å². The number of halogens is 2. The smallest absolute Gasteiger partial charge is 0.387 e. The maximum Gasteiger partial charge on any atom is 0.387 e. The number of pyridine rings is 1. The van der Waals surface area contributed by atoms with E-state index in [1.165, 1.54) is 17.0 Å². The molecule has 1 aromatic heterocycles. The second-order valence-corrected chi connectivity index (χ2v) is 4.92. The van der Waals surface area contributed by atoms with Gasteiger partial charge < -0.3 is 15.4 Å². The molecule has 0 aliphatic heterocycles. The van der Waals surface area contributed by atoms with Crippen molar-refractivity contribution in [1.29, 1.82) is 0 Å². The Morgan fingerprint density at radius 3 is 2.61 bits per heavy atom. The molecule has 2 rings (SSSR count). The molecule has 2 N–H and O–H groups in total. The number of nitrogens with two attached hydrogens (primary N) is 1. The minimum atomic E-state index is -2.85. The summed E-state index contributed by atoms with van der Waals surface area (Å²) < 4.78 is 28.5. The summed E-state index contributed by atoms with van der Waals surface area (Å²) in [6.45, 7) is -2.25. The zero-order valence-electron chi connectivity index (χ0n) is 12.6. The Morgan fingerprint density at radius 2 is 2.00 bits per heavy atom. The Labute approximate surface area is 132 Å². The number of alkyl halides is 2. The first kappa shape index (κ1) is 16.8. The predicted molar refractivity (Wildman–Crippen MR) is 81.0 cm³/mol. The van der Waals surface area contributed by atoms with Gasteiger partial charge in [-0.2, -0.15) is 8.78 Å². The molecule has 122 valence electrons. The molecule has 0 saturated heterocycles. The minimum absolute atomic E-state index is 0.0828. The Hall–Kier alpha value is -2.54. The highest BCUT2D eigenvalue weighted by molar-refractivity contribution is 5.94. The first-order chi connectivity index (χ1) is 11.0. The molecule has 0 aliphatic carbocycles. The van der Waals surface area contributed by atoms with Crippen molar-refractivity contribution in [1.82, 2.24) is 9.88 Å². The van der Waals surface area contributed by atoms with Gasteiger partial charge in [-0.05, 0) is 29.8 Å². The number of hydrogen-bond donors (Lipinski definition) is 1. The lowest BCUT2D eigenvalue weighted by Gasteiger charge is -2.18. The molecule has 23 heavy (non-hydrogen) atoms. The van der Waals surface area contributed by atoms with Crippen molar-refractivity contribution >= 4 is 5.91 Å². The summed E-state index contributed by atoms with van der Waals surface area (Å²) in [6.07, 6.45) is 1.54. The fourth-order valence-corrected chi connectivity index (χ4v) is 2.07. The summed E-state index contributed by atoms with van der Waals surface area (Å²) in [4.78, 5) is 17.9. The summed E-state index contributed by atoms with van der Waals surface area (Å²) >= 11 is 0. The van der Waals surface area contributed by atoms with Crippen LogP contribution in [-0.2, 0) is 13.1 Å². The van der Waals surface area contributed by atoms with Crippen LogP contribution >= 0.6 is 0 Å². The summed E-state index contributed by atoms with van der Waals surface area (Å²) in [6, 6.07) is 9.44. The topological polar surface area (TPSA) is 68.5 Å². The molecule has 0 aliphatic rings. The molecule has 2 aromatic rings. The third-order valence-corrected chi connectivity index (χ3v) is 3.19. The SMILES string of the molecule is CN(Cc1ccc(OC(F)F)cc1)C(=O)c1ccnc(CN)c1. The van der Waals surface area contributed by atoms with E-state index in [9.17, 15) is 13.6 Å². The van der Waals surface area contributed by atoms with Gasteiger partial charge in [-0.1, -0.05) is 12.1 Å². The predicted octanol–water partition coefficient (Wildman–Crippen LogP) is 2.41. The summed E-state index contributed by atoms with van der Waals surface area (Å²) in [7, 11) is 1.66. The number of ether oxygens (including phenoxy) is 1. The van der Waals surface area contributed by atoms with Crippen LogP contribution in [0.2, 0.25) is 0 Å². The molecule has 1 amide bonds. The lowest BCUT2D eigenvalue weighted by molar-refractivity contribution is -0.0498. The van der Waals surface area contributed by atoms with E-state index in [4.69, 9.17) is 5.73 Å². The molecule has 0 unspecified atom stereocenters. The van der Waals surface area contributed by atoms with Crippen molar-refractivity contribution in [2.24, 2.45) is 5.73 Å². The van der Waals surface area contributed by atoms with Crippen molar-refractivity contribution in [3.8, 4) is 5.75 Å². The molecule has 1 heterocycles. The Bertz CT molecular complexity index is 663.